The maximum atomic E-state index is 12.0. The summed E-state index contributed by atoms with van der Waals surface area (Å²) < 4.78 is 5.61. The summed E-state index contributed by atoms with van der Waals surface area (Å²) in [5, 5.41) is 3.14. The number of carbonyl (C=O) groups is 1. The Bertz CT molecular complexity index is 250. The fourth-order valence-corrected chi connectivity index (χ4v) is 2.79. The van der Waals surface area contributed by atoms with Crippen molar-refractivity contribution in [3.8, 4) is 0 Å². The zero-order valence-electron chi connectivity index (χ0n) is 10.5. The van der Waals surface area contributed by atoms with Gasteiger partial charge in [-0.05, 0) is 25.7 Å². The second-order valence-corrected chi connectivity index (χ2v) is 5.26. The number of hydrogen-bond donors (Lipinski definition) is 2. The van der Waals surface area contributed by atoms with E-state index in [-0.39, 0.29) is 18.1 Å². The van der Waals surface area contributed by atoms with Gasteiger partial charge in [0, 0.05) is 12.6 Å². The van der Waals surface area contributed by atoms with E-state index >= 15 is 0 Å². The van der Waals surface area contributed by atoms with Gasteiger partial charge in [-0.25, -0.2) is 0 Å². The summed E-state index contributed by atoms with van der Waals surface area (Å²) in [6.07, 6.45) is 8.90. The van der Waals surface area contributed by atoms with Gasteiger partial charge in [-0.1, -0.05) is 25.7 Å². The molecule has 2 aliphatic rings. The van der Waals surface area contributed by atoms with Crippen LogP contribution in [0.1, 0.15) is 51.4 Å². The van der Waals surface area contributed by atoms with Gasteiger partial charge in [-0.2, -0.15) is 0 Å². The van der Waals surface area contributed by atoms with Crippen molar-refractivity contribution in [3.05, 3.63) is 0 Å². The third-order valence-electron chi connectivity index (χ3n) is 3.86. The van der Waals surface area contributed by atoms with Crippen molar-refractivity contribution >= 4 is 5.91 Å². The molecule has 4 heteroatoms. The number of rotatable bonds is 3. The SMILES string of the molecule is NC[C@H]1CC[C@@H](C(=O)NC2CCCCCC2)O1. The van der Waals surface area contributed by atoms with Crippen LogP contribution in [0.15, 0.2) is 0 Å². The second kappa shape index (κ2) is 6.36. The summed E-state index contributed by atoms with van der Waals surface area (Å²) >= 11 is 0. The third-order valence-corrected chi connectivity index (χ3v) is 3.86. The maximum Gasteiger partial charge on any atom is 0.249 e. The number of hydrogen-bond acceptors (Lipinski definition) is 3. The van der Waals surface area contributed by atoms with Crippen LogP contribution in [0, 0.1) is 0 Å². The van der Waals surface area contributed by atoms with Crippen molar-refractivity contribution in [1.82, 2.24) is 5.32 Å². The summed E-state index contributed by atoms with van der Waals surface area (Å²) in [7, 11) is 0. The molecule has 1 aliphatic carbocycles. The Kier molecular flexibility index (Phi) is 4.80. The van der Waals surface area contributed by atoms with Gasteiger partial charge in [0.15, 0.2) is 0 Å². The minimum absolute atomic E-state index is 0.0767. The molecule has 3 N–H and O–H groups in total. The Morgan fingerprint density at radius 1 is 1.12 bits per heavy atom. The van der Waals surface area contributed by atoms with Crippen molar-refractivity contribution in [2.45, 2.75) is 69.6 Å². The van der Waals surface area contributed by atoms with E-state index in [1.165, 1.54) is 25.7 Å². The monoisotopic (exact) mass is 240 g/mol. The molecule has 1 saturated heterocycles. The Morgan fingerprint density at radius 3 is 2.41 bits per heavy atom. The molecule has 2 rings (SSSR count). The molecule has 0 spiro atoms. The molecule has 0 aromatic heterocycles. The van der Waals surface area contributed by atoms with Crippen LogP contribution in [0.2, 0.25) is 0 Å². The molecule has 0 aromatic carbocycles. The van der Waals surface area contributed by atoms with Gasteiger partial charge in [0.1, 0.15) is 6.10 Å². The molecule has 2 fully saturated rings. The lowest BCUT2D eigenvalue weighted by atomic mass is 10.1. The molecule has 1 heterocycles. The van der Waals surface area contributed by atoms with Crippen LogP contribution in [-0.2, 0) is 9.53 Å². The van der Waals surface area contributed by atoms with Gasteiger partial charge >= 0.3 is 0 Å². The van der Waals surface area contributed by atoms with Crippen LogP contribution in [0.5, 0.6) is 0 Å². The zero-order chi connectivity index (χ0) is 12.1. The van der Waals surface area contributed by atoms with E-state index in [4.69, 9.17) is 10.5 Å². The number of nitrogens with two attached hydrogens (primary N) is 1. The Labute approximate surface area is 103 Å². The largest absolute Gasteiger partial charge is 0.364 e. The highest BCUT2D eigenvalue weighted by Gasteiger charge is 2.30. The van der Waals surface area contributed by atoms with E-state index in [0.717, 1.165) is 25.7 Å². The lowest BCUT2D eigenvalue weighted by Gasteiger charge is -2.19. The summed E-state index contributed by atoms with van der Waals surface area (Å²) in [5.41, 5.74) is 5.54. The molecule has 1 aliphatic heterocycles. The molecule has 1 saturated carbocycles. The predicted molar refractivity (Wildman–Crippen MR) is 66.6 cm³/mol. The number of carbonyl (C=O) groups excluding carboxylic acids is 1. The lowest BCUT2D eigenvalue weighted by molar-refractivity contribution is -0.132. The normalized spacial score (nSPS) is 31.1. The average Bonchev–Trinajstić information content (AvgIpc) is 2.68. The van der Waals surface area contributed by atoms with Gasteiger partial charge in [-0.15, -0.1) is 0 Å². The first-order chi connectivity index (χ1) is 8.29. The molecule has 17 heavy (non-hydrogen) atoms. The van der Waals surface area contributed by atoms with E-state index < -0.39 is 0 Å². The quantitative estimate of drug-likeness (QED) is 0.732. The van der Waals surface area contributed by atoms with Crippen molar-refractivity contribution in [1.29, 1.82) is 0 Å². The van der Waals surface area contributed by atoms with Crippen molar-refractivity contribution in [3.63, 3.8) is 0 Å². The molecule has 0 bridgehead atoms. The van der Waals surface area contributed by atoms with Crippen LogP contribution < -0.4 is 11.1 Å². The Balaban J connectivity index is 1.76. The molecule has 0 unspecified atom stereocenters. The van der Waals surface area contributed by atoms with E-state index in [0.29, 0.717) is 12.6 Å². The first kappa shape index (κ1) is 12.8. The van der Waals surface area contributed by atoms with Gasteiger partial charge in [0.25, 0.3) is 0 Å². The molecular formula is C13H24N2O2. The summed E-state index contributed by atoms with van der Waals surface area (Å²) in [6.45, 7) is 0.521. The second-order valence-electron chi connectivity index (χ2n) is 5.26. The molecule has 0 aromatic rings. The number of amides is 1. The van der Waals surface area contributed by atoms with E-state index in [2.05, 4.69) is 5.32 Å². The first-order valence-corrected chi connectivity index (χ1v) is 6.95. The fraction of sp³-hybridized carbons (Fsp3) is 0.923. The highest BCUT2D eigenvalue weighted by atomic mass is 16.5. The van der Waals surface area contributed by atoms with Crippen molar-refractivity contribution < 1.29 is 9.53 Å². The van der Waals surface area contributed by atoms with Gasteiger partial charge < -0.3 is 15.8 Å². The first-order valence-electron chi connectivity index (χ1n) is 6.95. The van der Waals surface area contributed by atoms with Crippen LogP contribution >= 0.6 is 0 Å². The highest BCUT2D eigenvalue weighted by molar-refractivity contribution is 5.81. The molecule has 98 valence electrons. The van der Waals surface area contributed by atoms with Gasteiger partial charge in [0.2, 0.25) is 5.91 Å². The van der Waals surface area contributed by atoms with Gasteiger partial charge in [0.05, 0.1) is 6.10 Å². The van der Waals surface area contributed by atoms with Gasteiger partial charge in [-0.3, -0.25) is 4.79 Å². The number of ether oxygens (including phenoxy) is 1. The third kappa shape index (κ3) is 3.68. The average molecular weight is 240 g/mol. The number of nitrogens with one attached hydrogen (secondary N) is 1. The molecule has 0 radical (unpaired) electrons. The molecule has 1 amide bonds. The predicted octanol–water partition coefficient (Wildman–Crippen LogP) is 1.33. The maximum absolute atomic E-state index is 12.0. The van der Waals surface area contributed by atoms with E-state index in [9.17, 15) is 4.79 Å². The smallest absolute Gasteiger partial charge is 0.249 e. The Hall–Kier alpha value is -0.610. The summed E-state index contributed by atoms with van der Waals surface area (Å²) in [4.78, 5) is 12.0. The van der Waals surface area contributed by atoms with Crippen molar-refractivity contribution in [2.24, 2.45) is 5.73 Å². The van der Waals surface area contributed by atoms with Crippen LogP contribution in [0.3, 0.4) is 0 Å². The summed E-state index contributed by atoms with van der Waals surface area (Å²) in [5.74, 6) is 0.0767. The van der Waals surface area contributed by atoms with Crippen LogP contribution in [-0.4, -0.2) is 30.7 Å². The Morgan fingerprint density at radius 2 is 1.82 bits per heavy atom. The highest BCUT2D eigenvalue weighted by Crippen LogP contribution is 2.21. The topological polar surface area (TPSA) is 64.4 Å². The molecule has 4 nitrogen and oxygen atoms in total. The molecular weight excluding hydrogens is 216 g/mol. The van der Waals surface area contributed by atoms with E-state index in [1.807, 2.05) is 0 Å². The lowest BCUT2D eigenvalue weighted by Crippen LogP contribution is -2.41. The van der Waals surface area contributed by atoms with Crippen LogP contribution in [0.4, 0.5) is 0 Å². The summed E-state index contributed by atoms with van der Waals surface area (Å²) in [6, 6.07) is 0.366. The van der Waals surface area contributed by atoms with Crippen molar-refractivity contribution in [2.75, 3.05) is 6.54 Å². The minimum Gasteiger partial charge on any atom is -0.364 e. The minimum atomic E-state index is -0.258. The standard InChI is InChI=1S/C13H24N2O2/c14-9-11-7-8-12(17-11)13(16)15-10-5-3-1-2-4-6-10/h10-12H,1-9,14H2,(H,15,16)/t11-,12+/m1/s1. The zero-order valence-corrected chi connectivity index (χ0v) is 10.5. The fourth-order valence-electron chi connectivity index (χ4n) is 2.79. The van der Waals surface area contributed by atoms with E-state index in [1.54, 1.807) is 0 Å². The molecule has 2 atom stereocenters. The van der Waals surface area contributed by atoms with Crippen LogP contribution in [0.25, 0.3) is 0 Å².